The molecule has 0 spiro atoms. The summed E-state index contributed by atoms with van der Waals surface area (Å²) in [6, 6.07) is 88.1. The van der Waals surface area contributed by atoms with E-state index in [0.29, 0.717) is 48.7 Å². The molecule has 1 saturated heterocycles. The van der Waals surface area contributed by atoms with E-state index in [4.69, 9.17) is 28.4 Å². The molecule has 0 bridgehead atoms. The van der Waals surface area contributed by atoms with Gasteiger partial charge in [0, 0.05) is 0 Å². The highest BCUT2D eigenvalue weighted by Gasteiger charge is 2.61. The Balaban J connectivity index is 0.932. The second kappa shape index (κ2) is 22.6. The first kappa shape index (κ1) is 53.1. The quantitative estimate of drug-likeness (QED) is 0.0877. The number of benzene rings is 12. The van der Waals surface area contributed by atoms with Crippen LogP contribution in [0.1, 0.15) is 58.4 Å². The highest BCUT2D eigenvalue weighted by atomic mass is 16.8. The third kappa shape index (κ3) is 11.1. The van der Waals surface area contributed by atoms with Gasteiger partial charge in [0.1, 0.15) is 72.8 Å². The van der Waals surface area contributed by atoms with Crippen molar-refractivity contribution in [1.82, 2.24) is 0 Å². The molecule has 0 amide bonds. The first-order chi connectivity index (χ1) is 40.5. The lowest BCUT2D eigenvalue weighted by molar-refractivity contribution is -0.172. The number of ether oxygens (including phenoxy) is 6. The molecule has 1 aliphatic rings. The number of aliphatic hydroxyl groups is 2. The highest BCUT2D eigenvalue weighted by Crippen LogP contribution is 2.52. The summed E-state index contributed by atoms with van der Waals surface area (Å²) in [5.41, 5.74) is 2.56. The number of hydrogen-bond donors (Lipinski definition) is 2. The van der Waals surface area contributed by atoms with E-state index in [1.165, 1.54) is 0 Å². The van der Waals surface area contributed by atoms with E-state index >= 15 is 0 Å². The predicted molar refractivity (Wildman–Crippen MR) is 329 cm³/mol. The average molecular weight is 1090 g/mol. The average Bonchev–Trinajstić information content (AvgIpc) is 2.18. The molecule has 410 valence electrons. The lowest BCUT2D eigenvalue weighted by Crippen LogP contribution is -2.55. The van der Waals surface area contributed by atoms with Gasteiger partial charge in [-0.3, -0.25) is 0 Å². The van der Waals surface area contributed by atoms with Crippen LogP contribution < -0.4 is 18.9 Å². The highest BCUT2D eigenvalue weighted by molar-refractivity contribution is 5.88. The third-order valence-electron chi connectivity index (χ3n) is 15.9. The van der Waals surface area contributed by atoms with Gasteiger partial charge in [-0.1, -0.05) is 194 Å². The Hall–Kier alpha value is -9.28. The van der Waals surface area contributed by atoms with Gasteiger partial charge in [0.2, 0.25) is 0 Å². The Bertz CT molecular complexity index is 3720. The Kier molecular flexibility index (Phi) is 14.4. The maximum atomic E-state index is 14.4. The summed E-state index contributed by atoms with van der Waals surface area (Å²) in [7, 11) is 0. The zero-order chi connectivity index (χ0) is 56.4. The lowest BCUT2D eigenvalue weighted by Gasteiger charge is -2.43. The number of hydrogen-bond acceptors (Lipinski definition) is 8. The van der Waals surface area contributed by atoms with Crippen LogP contribution in [0.3, 0.4) is 0 Å². The van der Waals surface area contributed by atoms with Gasteiger partial charge in [-0.15, -0.1) is 0 Å². The van der Waals surface area contributed by atoms with Crippen LogP contribution in [-0.4, -0.2) is 28.2 Å². The fourth-order valence-corrected chi connectivity index (χ4v) is 11.5. The molecule has 12 aromatic rings. The largest absolute Gasteiger partial charge is 0.489 e. The monoisotopic (exact) mass is 1090 g/mol. The lowest BCUT2D eigenvalue weighted by atomic mass is 9.71. The molecular weight excluding hydrogens is 1030 g/mol. The van der Waals surface area contributed by atoms with Gasteiger partial charge in [0.25, 0.3) is 0 Å². The smallest absolute Gasteiger partial charge is 0.164 e. The Morgan fingerprint density at radius 2 is 0.518 bits per heavy atom. The van der Waals surface area contributed by atoms with Crippen LogP contribution in [0.5, 0.6) is 23.0 Å². The van der Waals surface area contributed by atoms with Gasteiger partial charge in [0.15, 0.2) is 5.79 Å². The van der Waals surface area contributed by atoms with Crippen molar-refractivity contribution < 1.29 is 38.6 Å². The summed E-state index contributed by atoms with van der Waals surface area (Å²) >= 11 is 0. The van der Waals surface area contributed by atoms with Crippen LogP contribution in [0, 0.1) is 0 Å². The maximum Gasteiger partial charge on any atom is 0.164 e. The molecule has 8 heteroatoms. The van der Waals surface area contributed by atoms with Crippen molar-refractivity contribution in [3.8, 4) is 23.0 Å². The van der Waals surface area contributed by atoms with E-state index in [9.17, 15) is 10.2 Å². The molecule has 2 N–H and O–H groups in total. The van der Waals surface area contributed by atoms with Crippen molar-refractivity contribution >= 4 is 43.1 Å². The molecule has 1 heterocycles. The number of rotatable bonds is 18. The van der Waals surface area contributed by atoms with Gasteiger partial charge in [-0.2, -0.15) is 0 Å². The molecule has 12 aromatic carbocycles. The normalized spacial score (nSPS) is 15.2. The van der Waals surface area contributed by atoms with Gasteiger partial charge in [0.05, 0.1) is 0 Å². The first-order valence-corrected chi connectivity index (χ1v) is 28.2. The summed E-state index contributed by atoms with van der Waals surface area (Å²) in [5.74, 6) is 1.60. The summed E-state index contributed by atoms with van der Waals surface area (Å²) in [6.45, 7) is 5.38. The van der Waals surface area contributed by atoms with E-state index in [2.05, 4.69) is 0 Å². The Morgan fingerprint density at radius 1 is 0.301 bits per heavy atom. The summed E-state index contributed by atoms with van der Waals surface area (Å²) in [4.78, 5) is 0. The van der Waals surface area contributed by atoms with E-state index in [-0.39, 0.29) is 0 Å². The van der Waals surface area contributed by atoms with Crippen molar-refractivity contribution in [3.05, 3.63) is 311 Å². The van der Waals surface area contributed by atoms with Crippen LogP contribution in [0.4, 0.5) is 0 Å². The van der Waals surface area contributed by atoms with Crippen LogP contribution in [-0.2, 0) is 47.1 Å². The van der Waals surface area contributed by atoms with E-state index in [0.717, 1.165) is 88.3 Å². The van der Waals surface area contributed by atoms with Gasteiger partial charge in [-0.05, 0) is 174 Å². The Labute approximate surface area is 483 Å². The minimum absolute atomic E-state index is 0.425. The molecule has 83 heavy (non-hydrogen) atoms. The number of fused-ring (bicyclic) bond motifs is 4. The summed E-state index contributed by atoms with van der Waals surface area (Å²) in [6.07, 6.45) is -2.46. The second-order valence-corrected chi connectivity index (χ2v) is 22.0. The maximum absolute atomic E-state index is 14.4. The van der Waals surface area contributed by atoms with Crippen molar-refractivity contribution in [1.29, 1.82) is 0 Å². The molecule has 8 nitrogen and oxygen atoms in total. The van der Waals surface area contributed by atoms with Crippen LogP contribution >= 0.6 is 0 Å². The van der Waals surface area contributed by atoms with E-state index in [1.54, 1.807) is 0 Å². The molecule has 0 unspecified atom stereocenters. The van der Waals surface area contributed by atoms with Crippen LogP contribution in [0.25, 0.3) is 43.1 Å². The summed E-state index contributed by atoms with van der Waals surface area (Å²) < 4.78 is 39.4. The van der Waals surface area contributed by atoms with Crippen molar-refractivity contribution in [2.24, 2.45) is 0 Å². The zero-order valence-corrected chi connectivity index (χ0v) is 46.2. The molecule has 13 rings (SSSR count). The molecule has 0 aromatic heterocycles. The molecule has 0 aliphatic carbocycles. The molecular formula is C75H62O8. The van der Waals surface area contributed by atoms with E-state index < -0.39 is 29.2 Å². The van der Waals surface area contributed by atoms with Crippen LogP contribution in [0.2, 0.25) is 0 Å². The van der Waals surface area contributed by atoms with E-state index in [1.807, 2.05) is 281 Å². The minimum Gasteiger partial charge on any atom is -0.489 e. The van der Waals surface area contributed by atoms with Crippen LogP contribution in [0.15, 0.2) is 267 Å². The van der Waals surface area contributed by atoms with Crippen molar-refractivity contribution in [2.45, 2.75) is 69.5 Å². The standard InChI is InChI=1S/C75H62O8/c1-73(2)82-71(74(76,63-31-23-59-43-67(35-27-55(59)39-63)78-47-51-15-7-3-8-16-51)64-32-24-60-44-68(36-28-56(60)40-64)79-48-52-17-9-4-10-18-52)72(83-73)75(77,65-33-25-61-45-69(37-29-57(61)41-65)80-49-53-19-11-5-12-20-53)66-34-26-62-46-70(38-30-58(62)42-66)81-50-54-21-13-6-14-22-54/h3-46,71-72,76-77H,47-50H2,1-2H3/t71-,72-/m1/s1. The SMILES string of the molecule is CC1(C)O[C@@H](C(O)(c2ccc3cc(OCc4ccccc4)ccc3c2)c2ccc3cc(OCc4ccccc4)ccc3c2)[C@H](C(O)(c2ccc3cc(OCc4ccccc4)ccc3c2)c2ccc3cc(OCc4ccccc4)ccc3c2)O1. The fourth-order valence-electron chi connectivity index (χ4n) is 11.5. The van der Waals surface area contributed by atoms with Gasteiger partial charge >= 0.3 is 0 Å². The van der Waals surface area contributed by atoms with Gasteiger partial charge < -0.3 is 38.6 Å². The second-order valence-electron chi connectivity index (χ2n) is 22.0. The molecule has 1 fully saturated rings. The molecule has 2 atom stereocenters. The third-order valence-corrected chi connectivity index (χ3v) is 15.9. The molecule has 0 saturated carbocycles. The predicted octanol–water partition coefficient (Wildman–Crippen LogP) is 16.3. The first-order valence-electron chi connectivity index (χ1n) is 28.2. The molecule has 1 aliphatic heterocycles. The minimum atomic E-state index is -1.95. The van der Waals surface area contributed by atoms with Gasteiger partial charge in [-0.25, -0.2) is 0 Å². The topological polar surface area (TPSA) is 95.8 Å². The fraction of sp³-hybridized carbons (Fsp3) is 0.147. The molecule has 0 radical (unpaired) electrons. The summed E-state index contributed by atoms with van der Waals surface area (Å²) in [5, 5.41) is 36.1. The zero-order valence-electron chi connectivity index (χ0n) is 46.2. The van der Waals surface area contributed by atoms with Crippen molar-refractivity contribution in [3.63, 3.8) is 0 Å². The Morgan fingerprint density at radius 3 is 0.759 bits per heavy atom. The van der Waals surface area contributed by atoms with Crippen molar-refractivity contribution in [2.75, 3.05) is 0 Å².